The van der Waals surface area contributed by atoms with Crippen molar-refractivity contribution in [2.45, 2.75) is 30.8 Å². The molecule has 152 valence electrons. The van der Waals surface area contributed by atoms with Crippen molar-refractivity contribution in [3.8, 4) is 0 Å². The maximum Gasteiger partial charge on any atom is 0.430 e. The number of ether oxygens (including phenoxy) is 1. The van der Waals surface area contributed by atoms with Gasteiger partial charge in [0.2, 0.25) is 5.91 Å². The number of hydrogen-bond acceptors (Lipinski definition) is 4. The Morgan fingerprint density at radius 2 is 1.67 bits per heavy atom. The fourth-order valence-electron chi connectivity index (χ4n) is 2.47. The summed E-state index contributed by atoms with van der Waals surface area (Å²) in [6.45, 7) is 0. The fourth-order valence-corrected chi connectivity index (χ4v) is 2.47. The number of benzene rings is 1. The highest BCUT2D eigenvalue weighted by atomic mass is 19.4. The number of carbonyl (C=O) groups is 1. The van der Waals surface area contributed by atoms with Gasteiger partial charge in [0, 0.05) is 44.8 Å². The molecule has 1 rings (SSSR count). The summed E-state index contributed by atoms with van der Waals surface area (Å²) in [7, 11) is 3.08. The maximum absolute atomic E-state index is 13.3. The number of aryl methyl sites for hydroxylation is 1. The minimum absolute atomic E-state index is 0.173. The molecular weight excluding hydrogens is 386 g/mol. The molecule has 0 aliphatic heterocycles. The molecule has 0 aliphatic carbocycles. The van der Waals surface area contributed by atoms with Gasteiger partial charge in [-0.15, -0.1) is 0 Å². The molecule has 0 aliphatic rings. The predicted octanol–water partition coefficient (Wildman–Crippen LogP) is 3.58. The van der Waals surface area contributed by atoms with Gasteiger partial charge in [0.15, 0.2) is 0 Å². The summed E-state index contributed by atoms with van der Waals surface area (Å²) in [5.41, 5.74) is -7.33. The second-order valence-electron chi connectivity index (χ2n) is 5.77. The Bertz CT molecular complexity index is 701. The number of carbonyl (C=O) groups excluding carboxylic acids is 1. The molecule has 1 aromatic rings. The van der Waals surface area contributed by atoms with Crippen LogP contribution >= 0.6 is 0 Å². The van der Waals surface area contributed by atoms with E-state index in [-0.39, 0.29) is 31.6 Å². The van der Waals surface area contributed by atoms with Gasteiger partial charge in [-0.05, 0) is 6.42 Å². The molecule has 0 bridgehead atoms. The van der Waals surface area contributed by atoms with Gasteiger partial charge >= 0.3 is 12.4 Å². The lowest BCUT2D eigenvalue weighted by Gasteiger charge is -2.36. The Hall–Kier alpha value is -2.37. The third-order valence-electron chi connectivity index (χ3n) is 3.90. The molecule has 0 aromatic heterocycles. The average Bonchev–Trinajstić information content (AvgIpc) is 2.51. The first kappa shape index (κ1) is 22.7. The molecule has 1 amide bonds. The number of nitro groups is 1. The van der Waals surface area contributed by atoms with Crippen LogP contribution in [0.15, 0.2) is 18.2 Å². The smallest absolute Gasteiger partial charge is 0.357 e. The van der Waals surface area contributed by atoms with Crippen molar-refractivity contribution in [3.63, 3.8) is 0 Å². The summed E-state index contributed by atoms with van der Waals surface area (Å²) < 4.78 is 83.4. The Morgan fingerprint density at radius 1 is 1.15 bits per heavy atom. The van der Waals surface area contributed by atoms with Crippen molar-refractivity contribution >= 4 is 11.6 Å². The van der Waals surface area contributed by atoms with Crippen molar-refractivity contribution in [1.82, 2.24) is 4.90 Å². The fraction of sp³-hybridized carbons (Fsp3) is 0.533. The van der Waals surface area contributed by atoms with E-state index in [1.807, 2.05) is 0 Å². The normalized spacial score (nSPS) is 12.8. The van der Waals surface area contributed by atoms with Crippen molar-refractivity contribution in [2.24, 2.45) is 0 Å². The Kier molecular flexibility index (Phi) is 6.47. The summed E-state index contributed by atoms with van der Waals surface area (Å²) in [4.78, 5) is 22.8. The first-order valence-electron chi connectivity index (χ1n) is 7.35. The van der Waals surface area contributed by atoms with Crippen LogP contribution in [0.25, 0.3) is 0 Å². The number of nitro benzene ring substituents is 1. The monoisotopic (exact) mass is 402 g/mol. The van der Waals surface area contributed by atoms with Crippen LogP contribution in [0, 0.1) is 10.1 Å². The lowest BCUT2D eigenvalue weighted by molar-refractivity contribution is -0.389. The second-order valence-corrected chi connectivity index (χ2v) is 5.77. The first-order valence-corrected chi connectivity index (χ1v) is 7.35. The Labute approximate surface area is 149 Å². The number of methoxy groups -OCH3 is 1. The van der Waals surface area contributed by atoms with Crippen molar-refractivity contribution < 1.29 is 40.8 Å². The zero-order chi connectivity index (χ0) is 21.2. The van der Waals surface area contributed by atoms with Crippen LogP contribution in [0.1, 0.15) is 17.5 Å². The summed E-state index contributed by atoms with van der Waals surface area (Å²) >= 11 is 0. The van der Waals surface area contributed by atoms with E-state index in [0.717, 1.165) is 6.07 Å². The Balaban J connectivity index is 3.51. The lowest BCUT2D eigenvalue weighted by atomic mass is 9.89. The molecule has 0 saturated carbocycles. The predicted molar refractivity (Wildman–Crippen MR) is 80.9 cm³/mol. The van der Waals surface area contributed by atoms with Crippen molar-refractivity contribution in [3.05, 3.63) is 39.4 Å². The standard InChI is InChI=1S/C15H16F6N2O4/c1-22(2)12(24)7-5-9-4-6-10(8-11(9)23(25)26)13(27-3,14(16,17)18)15(19,20)21/h4,6,8H,5,7H2,1-3H3. The van der Waals surface area contributed by atoms with E-state index in [1.165, 1.54) is 19.0 Å². The summed E-state index contributed by atoms with van der Waals surface area (Å²) in [6.07, 6.45) is -12.3. The minimum Gasteiger partial charge on any atom is -0.357 e. The molecule has 0 radical (unpaired) electrons. The van der Waals surface area contributed by atoms with Gasteiger partial charge in [-0.25, -0.2) is 0 Å². The SMILES string of the molecule is COC(c1ccc(CCC(=O)N(C)C)c([N+](=O)[O-])c1)(C(F)(F)F)C(F)(F)F. The third kappa shape index (κ3) is 4.31. The quantitative estimate of drug-likeness (QED) is 0.414. The van der Waals surface area contributed by atoms with Gasteiger partial charge in [0.1, 0.15) is 0 Å². The van der Waals surface area contributed by atoms with Gasteiger partial charge in [-0.2, -0.15) is 26.3 Å². The molecular formula is C15H16F6N2O4. The van der Waals surface area contributed by atoms with Gasteiger partial charge in [0.25, 0.3) is 11.3 Å². The van der Waals surface area contributed by atoms with Crippen LogP contribution in [-0.2, 0) is 21.6 Å². The van der Waals surface area contributed by atoms with E-state index in [1.54, 1.807) is 0 Å². The lowest BCUT2D eigenvalue weighted by Crippen LogP contribution is -2.55. The highest BCUT2D eigenvalue weighted by Crippen LogP contribution is 2.53. The number of nitrogens with zero attached hydrogens (tertiary/aromatic N) is 2. The maximum atomic E-state index is 13.3. The third-order valence-corrected chi connectivity index (χ3v) is 3.90. The van der Waals surface area contributed by atoms with Gasteiger partial charge in [0.05, 0.1) is 4.92 Å². The molecule has 0 spiro atoms. The molecule has 12 heteroatoms. The second kappa shape index (κ2) is 7.71. The minimum atomic E-state index is -5.92. The zero-order valence-electron chi connectivity index (χ0n) is 14.4. The van der Waals surface area contributed by atoms with Crippen LogP contribution in [0.4, 0.5) is 32.0 Å². The number of hydrogen-bond donors (Lipinski definition) is 0. The summed E-state index contributed by atoms with van der Waals surface area (Å²) in [5, 5.41) is 11.2. The van der Waals surface area contributed by atoms with E-state index < -0.39 is 40.0 Å². The highest BCUT2D eigenvalue weighted by Gasteiger charge is 2.73. The van der Waals surface area contributed by atoms with Crippen LogP contribution in [0.2, 0.25) is 0 Å². The molecule has 6 nitrogen and oxygen atoms in total. The van der Waals surface area contributed by atoms with Gasteiger partial charge in [-0.3, -0.25) is 14.9 Å². The molecule has 0 atom stereocenters. The molecule has 27 heavy (non-hydrogen) atoms. The molecule has 0 fully saturated rings. The Morgan fingerprint density at radius 3 is 2.04 bits per heavy atom. The topological polar surface area (TPSA) is 72.7 Å². The van der Waals surface area contributed by atoms with E-state index >= 15 is 0 Å². The van der Waals surface area contributed by atoms with E-state index in [0.29, 0.717) is 6.07 Å². The van der Waals surface area contributed by atoms with Gasteiger partial charge in [-0.1, -0.05) is 12.1 Å². The number of halogens is 6. The summed E-state index contributed by atoms with van der Waals surface area (Å²) in [6, 6.07) is 1.41. The van der Waals surface area contributed by atoms with Crippen LogP contribution in [0.3, 0.4) is 0 Å². The molecule has 1 aromatic carbocycles. The number of amides is 1. The van der Waals surface area contributed by atoms with Crippen LogP contribution < -0.4 is 0 Å². The first-order chi connectivity index (χ1) is 12.2. The van der Waals surface area contributed by atoms with Crippen molar-refractivity contribution in [1.29, 1.82) is 0 Å². The van der Waals surface area contributed by atoms with Crippen LogP contribution in [-0.4, -0.2) is 49.3 Å². The molecule has 0 saturated heterocycles. The highest BCUT2D eigenvalue weighted by molar-refractivity contribution is 5.76. The van der Waals surface area contributed by atoms with E-state index in [2.05, 4.69) is 4.74 Å². The molecule has 0 N–H and O–H groups in total. The van der Waals surface area contributed by atoms with Crippen molar-refractivity contribution in [2.75, 3.05) is 21.2 Å². The largest absolute Gasteiger partial charge is 0.430 e. The molecule has 0 heterocycles. The molecule has 0 unspecified atom stereocenters. The zero-order valence-corrected chi connectivity index (χ0v) is 14.4. The van der Waals surface area contributed by atoms with Crippen LogP contribution in [0.5, 0.6) is 0 Å². The van der Waals surface area contributed by atoms with E-state index in [4.69, 9.17) is 0 Å². The summed E-state index contributed by atoms with van der Waals surface area (Å²) in [5.74, 6) is -0.412. The van der Waals surface area contributed by atoms with E-state index in [9.17, 15) is 41.3 Å². The average molecular weight is 402 g/mol. The number of rotatable bonds is 6. The number of alkyl halides is 6. The van der Waals surface area contributed by atoms with Gasteiger partial charge < -0.3 is 9.64 Å².